The van der Waals surface area contributed by atoms with E-state index in [0.29, 0.717) is 26.9 Å². The number of carbonyl (C=O) groups is 1. The van der Waals surface area contributed by atoms with Gasteiger partial charge in [0.2, 0.25) is 0 Å². The second-order valence-corrected chi connectivity index (χ2v) is 8.39. The first-order valence-electron chi connectivity index (χ1n) is 9.64. The standard InChI is InChI=1S/C19H19Cl2F3N2O2S.C2H6/c20-12-2-3-13(15(21)9-12)11-1-4-17(26-10-11)14(19(22,23)24)5-7-29-8-6-16(25)18(27)28;1-2/h1-4,9-10,14,16H,5-8,25H2,(H,27,28);1-2H3. The summed E-state index contributed by atoms with van der Waals surface area (Å²) in [6.07, 6.45) is -3.04. The number of alkyl halides is 3. The van der Waals surface area contributed by atoms with E-state index >= 15 is 0 Å². The SMILES string of the molecule is CC.NC(CCSCCC(c1ccc(-c2ccc(Cl)cc2Cl)cn1)C(F)(F)F)C(=O)O. The summed E-state index contributed by atoms with van der Waals surface area (Å²) in [7, 11) is 0. The highest BCUT2D eigenvalue weighted by Crippen LogP contribution is 2.38. The molecule has 10 heteroatoms. The lowest BCUT2D eigenvalue weighted by atomic mass is 9.99. The summed E-state index contributed by atoms with van der Waals surface area (Å²) in [4.78, 5) is 14.7. The third kappa shape index (κ3) is 8.88. The molecule has 0 aliphatic rings. The summed E-state index contributed by atoms with van der Waals surface area (Å²) in [5.41, 5.74) is 6.53. The molecular weight excluding hydrogens is 472 g/mol. The molecule has 0 saturated carbocycles. The molecule has 0 amide bonds. The number of pyridine rings is 1. The molecule has 0 aliphatic carbocycles. The molecule has 0 bridgehead atoms. The van der Waals surface area contributed by atoms with Crippen LogP contribution < -0.4 is 5.73 Å². The van der Waals surface area contributed by atoms with Gasteiger partial charge in [0, 0.05) is 27.4 Å². The Hall–Kier alpha value is -1.48. The predicted octanol–water partition coefficient (Wildman–Crippen LogP) is 6.65. The van der Waals surface area contributed by atoms with Crippen LogP contribution >= 0.6 is 35.0 Å². The second kappa shape index (κ2) is 13.2. The normalized spacial score (nSPS) is 13.2. The van der Waals surface area contributed by atoms with Gasteiger partial charge >= 0.3 is 12.1 Å². The Balaban J connectivity index is 0.00000233. The zero-order valence-corrected chi connectivity index (χ0v) is 19.5. The van der Waals surface area contributed by atoms with Gasteiger partial charge in [-0.15, -0.1) is 0 Å². The number of aliphatic carboxylic acids is 1. The lowest BCUT2D eigenvalue weighted by Gasteiger charge is -2.20. The summed E-state index contributed by atoms with van der Waals surface area (Å²) in [6.45, 7) is 4.00. The minimum atomic E-state index is -4.44. The molecule has 2 rings (SSSR count). The van der Waals surface area contributed by atoms with Crippen molar-refractivity contribution in [3.8, 4) is 11.1 Å². The lowest BCUT2D eigenvalue weighted by Crippen LogP contribution is -2.30. The Morgan fingerprint density at radius 3 is 2.32 bits per heavy atom. The molecule has 0 saturated heterocycles. The monoisotopic (exact) mass is 496 g/mol. The fourth-order valence-electron chi connectivity index (χ4n) is 2.61. The third-order valence-electron chi connectivity index (χ3n) is 4.22. The van der Waals surface area contributed by atoms with E-state index in [0.717, 1.165) is 0 Å². The summed E-state index contributed by atoms with van der Waals surface area (Å²) in [5.74, 6) is -2.25. The molecule has 172 valence electrons. The molecule has 2 atom stereocenters. The highest BCUT2D eigenvalue weighted by Gasteiger charge is 2.41. The minimum Gasteiger partial charge on any atom is -0.480 e. The van der Waals surface area contributed by atoms with Gasteiger partial charge < -0.3 is 10.8 Å². The number of rotatable bonds is 9. The Morgan fingerprint density at radius 2 is 1.81 bits per heavy atom. The van der Waals surface area contributed by atoms with Crippen LogP contribution in [0.2, 0.25) is 10.0 Å². The molecular formula is C21H25Cl2F3N2O2S. The Bertz CT molecular complexity index is 836. The fraction of sp³-hybridized carbons (Fsp3) is 0.429. The van der Waals surface area contributed by atoms with Crippen LogP contribution in [0.25, 0.3) is 11.1 Å². The van der Waals surface area contributed by atoms with Crippen molar-refractivity contribution >= 4 is 40.9 Å². The Labute approximate surface area is 194 Å². The van der Waals surface area contributed by atoms with Gasteiger partial charge in [0.1, 0.15) is 6.04 Å². The van der Waals surface area contributed by atoms with Crippen molar-refractivity contribution < 1.29 is 23.1 Å². The van der Waals surface area contributed by atoms with Crippen molar-refractivity contribution in [1.29, 1.82) is 0 Å². The molecule has 0 radical (unpaired) electrons. The topological polar surface area (TPSA) is 76.2 Å². The lowest BCUT2D eigenvalue weighted by molar-refractivity contribution is -0.151. The molecule has 1 aromatic carbocycles. The molecule has 2 aromatic rings. The van der Waals surface area contributed by atoms with Crippen molar-refractivity contribution in [2.75, 3.05) is 11.5 Å². The van der Waals surface area contributed by atoms with Gasteiger partial charge in [-0.3, -0.25) is 9.78 Å². The van der Waals surface area contributed by atoms with E-state index in [4.69, 9.17) is 34.0 Å². The van der Waals surface area contributed by atoms with Gasteiger partial charge in [-0.25, -0.2) is 0 Å². The van der Waals surface area contributed by atoms with Crippen LogP contribution in [0.1, 0.15) is 38.3 Å². The number of hydrogen-bond acceptors (Lipinski definition) is 4. The molecule has 31 heavy (non-hydrogen) atoms. The highest BCUT2D eigenvalue weighted by atomic mass is 35.5. The molecule has 4 nitrogen and oxygen atoms in total. The van der Waals surface area contributed by atoms with Gasteiger partial charge in [0.25, 0.3) is 0 Å². The first-order chi connectivity index (χ1) is 14.6. The van der Waals surface area contributed by atoms with Crippen LogP contribution in [0, 0.1) is 0 Å². The number of hydrogen-bond donors (Lipinski definition) is 2. The predicted molar refractivity (Wildman–Crippen MR) is 122 cm³/mol. The quantitative estimate of drug-likeness (QED) is 0.379. The largest absolute Gasteiger partial charge is 0.480 e. The van der Waals surface area contributed by atoms with E-state index < -0.39 is 24.1 Å². The first kappa shape index (κ1) is 27.6. The van der Waals surface area contributed by atoms with Crippen LogP contribution in [-0.2, 0) is 4.79 Å². The zero-order valence-electron chi connectivity index (χ0n) is 17.1. The van der Waals surface area contributed by atoms with Crippen molar-refractivity contribution in [3.63, 3.8) is 0 Å². The number of benzene rings is 1. The van der Waals surface area contributed by atoms with E-state index in [-0.39, 0.29) is 24.3 Å². The van der Waals surface area contributed by atoms with Gasteiger partial charge in [-0.1, -0.05) is 49.2 Å². The Morgan fingerprint density at radius 1 is 1.16 bits per heavy atom. The Kier molecular flexibility index (Phi) is 11.7. The number of nitrogens with zero attached hydrogens (tertiary/aromatic N) is 1. The molecule has 1 aromatic heterocycles. The number of carboxylic acids is 1. The van der Waals surface area contributed by atoms with Crippen LogP contribution in [0.3, 0.4) is 0 Å². The molecule has 2 unspecified atom stereocenters. The van der Waals surface area contributed by atoms with E-state index in [1.54, 1.807) is 24.3 Å². The number of carboxylic acid groups (broad SMARTS) is 1. The van der Waals surface area contributed by atoms with Crippen molar-refractivity contribution in [2.24, 2.45) is 5.73 Å². The van der Waals surface area contributed by atoms with Crippen molar-refractivity contribution in [1.82, 2.24) is 4.98 Å². The van der Waals surface area contributed by atoms with Crippen molar-refractivity contribution in [2.45, 2.75) is 44.8 Å². The van der Waals surface area contributed by atoms with Crippen LogP contribution in [0.4, 0.5) is 13.2 Å². The fourth-order valence-corrected chi connectivity index (χ4v) is 4.16. The highest BCUT2D eigenvalue weighted by molar-refractivity contribution is 7.99. The van der Waals surface area contributed by atoms with E-state index in [1.807, 2.05) is 13.8 Å². The van der Waals surface area contributed by atoms with E-state index in [1.165, 1.54) is 24.0 Å². The third-order valence-corrected chi connectivity index (χ3v) is 5.82. The average molecular weight is 497 g/mol. The molecule has 0 aliphatic heterocycles. The minimum absolute atomic E-state index is 0.0748. The maximum absolute atomic E-state index is 13.5. The molecule has 1 heterocycles. The molecule has 0 spiro atoms. The van der Waals surface area contributed by atoms with Crippen LogP contribution in [0.5, 0.6) is 0 Å². The summed E-state index contributed by atoms with van der Waals surface area (Å²) in [6, 6.07) is 6.77. The maximum atomic E-state index is 13.5. The number of thioether (sulfide) groups is 1. The van der Waals surface area contributed by atoms with E-state index in [9.17, 15) is 18.0 Å². The van der Waals surface area contributed by atoms with Gasteiger partial charge in [-0.2, -0.15) is 24.9 Å². The van der Waals surface area contributed by atoms with Gasteiger partial charge in [0.15, 0.2) is 0 Å². The summed E-state index contributed by atoms with van der Waals surface area (Å²) in [5, 5.41) is 9.56. The molecule has 0 fully saturated rings. The van der Waals surface area contributed by atoms with Crippen LogP contribution in [0.15, 0.2) is 36.5 Å². The number of halogens is 5. The molecule has 3 N–H and O–H groups in total. The summed E-state index contributed by atoms with van der Waals surface area (Å²) >= 11 is 13.2. The first-order valence-corrected chi connectivity index (χ1v) is 11.5. The van der Waals surface area contributed by atoms with Crippen molar-refractivity contribution in [3.05, 3.63) is 52.3 Å². The van der Waals surface area contributed by atoms with E-state index in [2.05, 4.69) is 4.98 Å². The number of aromatic nitrogens is 1. The second-order valence-electron chi connectivity index (χ2n) is 6.32. The average Bonchev–Trinajstić information content (AvgIpc) is 2.71. The van der Waals surface area contributed by atoms with Gasteiger partial charge in [-0.05, 0) is 42.5 Å². The summed E-state index contributed by atoms with van der Waals surface area (Å²) < 4.78 is 40.5. The van der Waals surface area contributed by atoms with Gasteiger partial charge in [0.05, 0.1) is 11.6 Å². The zero-order chi connectivity index (χ0) is 23.6. The maximum Gasteiger partial charge on any atom is 0.397 e. The number of nitrogens with two attached hydrogens (primary N) is 1. The van der Waals surface area contributed by atoms with Crippen LogP contribution in [-0.4, -0.2) is 39.8 Å². The smallest absolute Gasteiger partial charge is 0.397 e.